The van der Waals surface area contributed by atoms with Crippen molar-refractivity contribution in [3.63, 3.8) is 0 Å². The number of morpholine rings is 1. The maximum atomic E-state index is 6.26. The van der Waals surface area contributed by atoms with Crippen LogP contribution in [-0.4, -0.2) is 34.3 Å². The molecule has 0 unspecified atom stereocenters. The van der Waals surface area contributed by atoms with E-state index in [1.165, 1.54) is 0 Å². The molecule has 1 saturated heterocycles. The monoisotopic (exact) mass is 283 g/mol. The summed E-state index contributed by atoms with van der Waals surface area (Å²) in [6.45, 7) is 13.7. The molecule has 1 fully saturated rings. The Kier molecular flexibility index (Phi) is 3.52. The van der Waals surface area contributed by atoms with Gasteiger partial charge in [0.2, 0.25) is 0 Å². The minimum Gasteiger partial charge on any atom is -0.366 e. The SMILES string of the molecule is Cc1nc(Cl)c(N2CC(C)(C)OC(C)(C)C2)nc1C. The van der Waals surface area contributed by atoms with Crippen LogP contribution in [0.3, 0.4) is 0 Å². The van der Waals surface area contributed by atoms with Gasteiger partial charge in [0, 0.05) is 13.1 Å². The molecule has 106 valence electrons. The standard InChI is InChI=1S/C14H22ClN3O/c1-9-10(2)17-12(11(15)16-9)18-7-13(3,4)19-14(5,6)8-18/h7-8H2,1-6H3. The van der Waals surface area contributed by atoms with Gasteiger partial charge in [0.05, 0.1) is 22.6 Å². The van der Waals surface area contributed by atoms with E-state index < -0.39 is 0 Å². The fourth-order valence-electron chi connectivity index (χ4n) is 2.70. The summed E-state index contributed by atoms with van der Waals surface area (Å²) < 4.78 is 6.07. The molecule has 0 radical (unpaired) electrons. The van der Waals surface area contributed by atoms with Crippen LogP contribution in [0.25, 0.3) is 0 Å². The van der Waals surface area contributed by atoms with E-state index in [4.69, 9.17) is 16.3 Å². The molecular formula is C14H22ClN3O. The Hall–Kier alpha value is -0.870. The lowest BCUT2D eigenvalue weighted by atomic mass is 9.99. The Morgan fingerprint density at radius 2 is 1.47 bits per heavy atom. The first kappa shape index (κ1) is 14.5. The summed E-state index contributed by atoms with van der Waals surface area (Å²) in [5, 5.41) is 0.469. The molecule has 0 N–H and O–H groups in total. The minimum absolute atomic E-state index is 0.231. The third-order valence-corrected chi connectivity index (χ3v) is 3.50. The highest BCUT2D eigenvalue weighted by atomic mass is 35.5. The summed E-state index contributed by atoms with van der Waals surface area (Å²) in [5.74, 6) is 0.759. The van der Waals surface area contributed by atoms with Crippen molar-refractivity contribution in [1.29, 1.82) is 0 Å². The number of aryl methyl sites for hydroxylation is 2. The van der Waals surface area contributed by atoms with Gasteiger partial charge < -0.3 is 9.64 Å². The molecule has 0 spiro atoms. The van der Waals surface area contributed by atoms with Gasteiger partial charge in [0.1, 0.15) is 0 Å². The fraction of sp³-hybridized carbons (Fsp3) is 0.714. The van der Waals surface area contributed by atoms with Gasteiger partial charge in [-0.15, -0.1) is 0 Å². The summed E-state index contributed by atoms with van der Waals surface area (Å²) in [5.41, 5.74) is 1.33. The van der Waals surface area contributed by atoms with Crippen molar-refractivity contribution >= 4 is 17.4 Å². The van der Waals surface area contributed by atoms with E-state index in [1.54, 1.807) is 0 Å². The quantitative estimate of drug-likeness (QED) is 0.794. The molecule has 0 aliphatic carbocycles. The van der Waals surface area contributed by atoms with Gasteiger partial charge in [-0.2, -0.15) is 0 Å². The molecule has 2 heterocycles. The van der Waals surface area contributed by atoms with Crippen LogP contribution in [0.1, 0.15) is 39.1 Å². The maximum absolute atomic E-state index is 6.26. The van der Waals surface area contributed by atoms with Gasteiger partial charge in [-0.05, 0) is 41.5 Å². The topological polar surface area (TPSA) is 38.2 Å². The van der Waals surface area contributed by atoms with Crippen molar-refractivity contribution in [3.8, 4) is 0 Å². The second-order valence-electron chi connectivity index (χ2n) is 6.49. The lowest BCUT2D eigenvalue weighted by Crippen LogP contribution is -2.57. The smallest absolute Gasteiger partial charge is 0.171 e. The van der Waals surface area contributed by atoms with E-state index in [0.29, 0.717) is 5.15 Å². The van der Waals surface area contributed by atoms with Gasteiger partial charge >= 0.3 is 0 Å². The second-order valence-corrected chi connectivity index (χ2v) is 6.84. The molecule has 0 aromatic carbocycles. The number of hydrogen-bond donors (Lipinski definition) is 0. The Morgan fingerprint density at radius 3 is 2.00 bits per heavy atom. The maximum Gasteiger partial charge on any atom is 0.171 e. The zero-order chi connectivity index (χ0) is 14.4. The number of rotatable bonds is 1. The average molecular weight is 284 g/mol. The van der Waals surface area contributed by atoms with E-state index in [2.05, 4.69) is 42.6 Å². The second kappa shape index (κ2) is 4.60. The van der Waals surface area contributed by atoms with Gasteiger partial charge in [0.15, 0.2) is 11.0 Å². The van der Waals surface area contributed by atoms with Crippen molar-refractivity contribution in [3.05, 3.63) is 16.5 Å². The lowest BCUT2D eigenvalue weighted by Gasteiger charge is -2.47. The van der Waals surface area contributed by atoms with Crippen LogP contribution in [-0.2, 0) is 4.74 Å². The Morgan fingerprint density at radius 1 is 1.00 bits per heavy atom. The van der Waals surface area contributed by atoms with Crippen LogP contribution in [0.2, 0.25) is 5.15 Å². The van der Waals surface area contributed by atoms with E-state index in [0.717, 1.165) is 30.3 Å². The molecule has 5 heteroatoms. The summed E-state index contributed by atoms with van der Waals surface area (Å²) in [6, 6.07) is 0. The largest absolute Gasteiger partial charge is 0.366 e. The van der Waals surface area contributed by atoms with Gasteiger partial charge in [0.25, 0.3) is 0 Å². The lowest BCUT2D eigenvalue weighted by molar-refractivity contribution is -0.133. The van der Waals surface area contributed by atoms with E-state index in [9.17, 15) is 0 Å². The van der Waals surface area contributed by atoms with Crippen LogP contribution in [0.15, 0.2) is 0 Å². The van der Waals surface area contributed by atoms with Crippen molar-refractivity contribution in [2.45, 2.75) is 52.7 Å². The van der Waals surface area contributed by atoms with E-state index in [-0.39, 0.29) is 11.2 Å². The van der Waals surface area contributed by atoms with Gasteiger partial charge in [-0.25, -0.2) is 9.97 Å². The first-order valence-corrected chi connectivity index (χ1v) is 6.93. The first-order chi connectivity index (χ1) is 8.60. The summed E-state index contributed by atoms with van der Waals surface area (Å²) in [6.07, 6.45) is 0. The number of anilines is 1. The number of nitrogens with zero attached hydrogens (tertiary/aromatic N) is 3. The van der Waals surface area contributed by atoms with Crippen molar-refractivity contribution in [2.75, 3.05) is 18.0 Å². The molecule has 1 aromatic heterocycles. The van der Waals surface area contributed by atoms with E-state index in [1.807, 2.05) is 13.8 Å². The normalized spacial score (nSPS) is 21.5. The molecule has 2 rings (SSSR count). The highest BCUT2D eigenvalue weighted by Crippen LogP contribution is 2.33. The summed E-state index contributed by atoms with van der Waals surface area (Å²) in [7, 11) is 0. The molecule has 1 aliphatic heterocycles. The van der Waals surface area contributed by atoms with Crippen LogP contribution >= 0.6 is 11.6 Å². The third kappa shape index (κ3) is 3.18. The van der Waals surface area contributed by atoms with Crippen LogP contribution < -0.4 is 4.90 Å². The zero-order valence-corrected chi connectivity index (χ0v) is 13.3. The Balaban J connectivity index is 2.39. The number of aromatic nitrogens is 2. The van der Waals surface area contributed by atoms with Crippen LogP contribution in [0.5, 0.6) is 0 Å². The molecule has 19 heavy (non-hydrogen) atoms. The molecular weight excluding hydrogens is 262 g/mol. The van der Waals surface area contributed by atoms with Crippen molar-refractivity contribution < 1.29 is 4.74 Å². The number of hydrogen-bond acceptors (Lipinski definition) is 4. The molecule has 0 bridgehead atoms. The van der Waals surface area contributed by atoms with Crippen LogP contribution in [0.4, 0.5) is 5.82 Å². The summed E-state index contributed by atoms with van der Waals surface area (Å²) in [4.78, 5) is 11.1. The van der Waals surface area contributed by atoms with Gasteiger partial charge in [-0.1, -0.05) is 11.6 Å². The van der Waals surface area contributed by atoms with Crippen molar-refractivity contribution in [2.24, 2.45) is 0 Å². The highest BCUT2D eigenvalue weighted by molar-refractivity contribution is 6.31. The molecule has 0 amide bonds. The van der Waals surface area contributed by atoms with Crippen LogP contribution in [0, 0.1) is 13.8 Å². The van der Waals surface area contributed by atoms with E-state index >= 15 is 0 Å². The predicted molar refractivity (Wildman–Crippen MR) is 78.0 cm³/mol. The fourth-order valence-corrected chi connectivity index (χ4v) is 2.99. The number of halogens is 1. The molecule has 0 atom stereocenters. The molecule has 4 nitrogen and oxygen atoms in total. The minimum atomic E-state index is -0.231. The molecule has 1 aliphatic rings. The summed E-state index contributed by atoms with van der Waals surface area (Å²) >= 11 is 6.26. The molecule has 1 aromatic rings. The molecule has 0 saturated carbocycles. The Bertz CT molecular complexity index is 484. The average Bonchev–Trinajstić information content (AvgIpc) is 2.18. The zero-order valence-electron chi connectivity index (χ0n) is 12.5. The van der Waals surface area contributed by atoms with Gasteiger partial charge in [-0.3, -0.25) is 0 Å². The number of ether oxygens (including phenoxy) is 1. The predicted octanol–water partition coefficient (Wildman–Crippen LogP) is 3.14. The highest BCUT2D eigenvalue weighted by Gasteiger charge is 2.39. The Labute approximate surface area is 120 Å². The van der Waals surface area contributed by atoms with Crippen molar-refractivity contribution in [1.82, 2.24) is 9.97 Å². The third-order valence-electron chi connectivity index (χ3n) is 3.24. The first-order valence-electron chi connectivity index (χ1n) is 6.55.